The van der Waals surface area contributed by atoms with E-state index >= 15 is 0 Å². The van der Waals surface area contributed by atoms with E-state index in [2.05, 4.69) is 9.82 Å². The molecule has 0 saturated carbocycles. The Morgan fingerprint density at radius 3 is 2.26 bits per heavy atom. The summed E-state index contributed by atoms with van der Waals surface area (Å²) in [6.07, 6.45) is 0. The van der Waals surface area contributed by atoms with Gasteiger partial charge in [0.1, 0.15) is 0 Å². The molecule has 0 unspecified atom stereocenters. The molecule has 1 heterocycles. The first-order valence-electron chi connectivity index (χ1n) is 7.17. The molecule has 0 saturated heterocycles. The second-order valence-electron chi connectivity index (χ2n) is 5.34. The van der Waals surface area contributed by atoms with Crippen LogP contribution in [0.3, 0.4) is 0 Å². The van der Waals surface area contributed by atoms with Gasteiger partial charge in [-0.15, -0.1) is 5.10 Å². The third-order valence-electron chi connectivity index (χ3n) is 3.46. The lowest BCUT2D eigenvalue weighted by Gasteiger charge is -2.06. The van der Waals surface area contributed by atoms with Gasteiger partial charge in [-0.25, -0.2) is 13.1 Å². The number of aromatic nitrogens is 2. The summed E-state index contributed by atoms with van der Waals surface area (Å²) in [5, 5.41) is 4.35. The van der Waals surface area contributed by atoms with Gasteiger partial charge in [0.25, 0.3) is 10.0 Å². The molecule has 0 radical (unpaired) electrons. The van der Waals surface area contributed by atoms with E-state index in [1.54, 1.807) is 41.1 Å². The van der Waals surface area contributed by atoms with Crippen LogP contribution in [0.5, 0.6) is 0 Å². The molecule has 5 nitrogen and oxygen atoms in total. The summed E-state index contributed by atoms with van der Waals surface area (Å²) in [5.74, 6) is 0.298. The van der Waals surface area contributed by atoms with E-state index in [0.29, 0.717) is 5.82 Å². The monoisotopic (exact) mass is 327 g/mol. The molecular formula is C17H17N3O2S. The van der Waals surface area contributed by atoms with Crippen LogP contribution in [-0.2, 0) is 10.0 Å². The smallest absolute Gasteiger partial charge is 0.262 e. The van der Waals surface area contributed by atoms with Crippen LogP contribution in [0.2, 0.25) is 0 Å². The van der Waals surface area contributed by atoms with Gasteiger partial charge in [-0.05, 0) is 38.1 Å². The van der Waals surface area contributed by atoms with Crippen LogP contribution in [-0.4, -0.2) is 18.2 Å². The van der Waals surface area contributed by atoms with Crippen molar-refractivity contribution in [2.75, 3.05) is 4.72 Å². The van der Waals surface area contributed by atoms with Crippen molar-refractivity contribution in [2.24, 2.45) is 0 Å². The number of anilines is 1. The van der Waals surface area contributed by atoms with E-state index in [1.807, 2.05) is 38.1 Å². The quantitative estimate of drug-likeness (QED) is 0.800. The minimum atomic E-state index is -3.63. The Morgan fingerprint density at radius 2 is 1.61 bits per heavy atom. The maximum atomic E-state index is 12.3. The summed E-state index contributed by atoms with van der Waals surface area (Å²) in [4.78, 5) is 0.211. The molecule has 23 heavy (non-hydrogen) atoms. The van der Waals surface area contributed by atoms with E-state index in [1.165, 1.54) is 0 Å². The highest BCUT2D eigenvalue weighted by Crippen LogP contribution is 2.19. The van der Waals surface area contributed by atoms with Crippen molar-refractivity contribution in [1.29, 1.82) is 0 Å². The third kappa shape index (κ3) is 3.27. The van der Waals surface area contributed by atoms with Crippen molar-refractivity contribution in [3.05, 3.63) is 71.9 Å². The largest absolute Gasteiger partial charge is 0.263 e. The van der Waals surface area contributed by atoms with Crippen molar-refractivity contribution in [2.45, 2.75) is 18.7 Å². The molecule has 1 N–H and O–H groups in total. The molecule has 0 amide bonds. The summed E-state index contributed by atoms with van der Waals surface area (Å²) >= 11 is 0. The van der Waals surface area contributed by atoms with Gasteiger partial charge in [0.15, 0.2) is 5.82 Å². The molecule has 3 rings (SSSR count). The van der Waals surface area contributed by atoms with E-state index in [0.717, 1.165) is 16.9 Å². The van der Waals surface area contributed by atoms with Crippen LogP contribution in [0.4, 0.5) is 5.82 Å². The maximum absolute atomic E-state index is 12.3. The van der Waals surface area contributed by atoms with Crippen LogP contribution in [0.15, 0.2) is 65.6 Å². The van der Waals surface area contributed by atoms with Crippen molar-refractivity contribution in [1.82, 2.24) is 9.78 Å². The Labute approximate surface area is 135 Å². The topological polar surface area (TPSA) is 64.0 Å². The molecule has 3 aromatic rings. The van der Waals surface area contributed by atoms with E-state index in [4.69, 9.17) is 0 Å². The summed E-state index contributed by atoms with van der Waals surface area (Å²) in [6, 6.07) is 17.8. The molecule has 0 aliphatic rings. The van der Waals surface area contributed by atoms with Gasteiger partial charge in [-0.1, -0.05) is 35.9 Å². The zero-order chi connectivity index (χ0) is 16.4. The molecule has 0 spiro atoms. The number of hydrogen-bond acceptors (Lipinski definition) is 3. The highest BCUT2D eigenvalue weighted by Gasteiger charge is 2.16. The number of nitrogens with one attached hydrogen (secondary N) is 1. The SMILES string of the molecule is Cc1ccc(-n2nc(NS(=O)(=O)c3ccccc3)cc2C)cc1. The zero-order valence-corrected chi connectivity index (χ0v) is 13.7. The minimum absolute atomic E-state index is 0.211. The highest BCUT2D eigenvalue weighted by molar-refractivity contribution is 7.92. The second-order valence-corrected chi connectivity index (χ2v) is 7.02. The second kappa shape index (κ2) is 5.89. The molecule has 0 atom stereocenters. The van der Waals surface area contributed by atoms with Crippen molar-refractivity contribution < 1.29 is 8.42 Å². The fraction of sp³-hybridized carbons (Fsp3) is 0.118. The Morgan fingerprint density at radius 1 is 0.957 bits per heavy atom. The molecular weight excluding hydrogens is 310 g/mol. The van der Waals surface area contributed by atoms with Gasteiger partial charge in [0.2, 0.25) is 0 Å². The molecule has 118 valence electrons. The predicted molar refractivity (Wildman–Crippen MR) is 90.3 cm³/mol. The van der Waals surface area contributed by atoms with Crippen LogP contribution < -0.4 is 4.72 Å². The Balaban J connectivity index is 1.91. The van der Waals surface area contributed by atoms with Crippen molar-refractivity contribution in [3.8, 4) is 5.69 Å². The average Bonchev–Trinajstić information content (AvgIpc) is 2.89. The van der Waals surface area contributed by atoms with Gasteiger partial charge in [-0.2, -0.15) is 0 Å². The third-order valence-corrected chi connectivity index (χ3v) is 4.83. The molecule has 1 aromatic heterocycles. The van der Waals surface area contributed by atoms with E-state index in [-0.39, 0.29) is 4.90 Å². The fourth-order valence-electron chi connectivity index (χ4n) is 2.27. The highest BCUT2D eigenvalue weighted by atomic mass is 32.2. The zero-order valence-electron chi connectivity index (χ0n) is 12.9. The lowest BCUT2D eigenvalue weighted by atomic mass is 10.2. The van der Waals surface area contributed by atoms with Gasteiger partial charge in [0, 0.05) is 11.8 Å². The summed E-state index contributed by atoms with van der Waals surface area (Å²) in [5.41, 5.74) is 2.89. The molecule has 2 aromatic carbocycles. The summed E-state index contributed by atoms with van der Waals surface area (Å²) < 4.78 is 28.9. The fourth-order valence-corrected chi connectivity index (χ4v) is 3.28. The predicted octanol–water partition coefficient (Wildman–Crippen LogP) is 3.29. The number of hydrogen-bond donors (Lipinski definition) is 1. The van der Waals surface area contributed by atoms with Crippen LogP contribution >= 0.6 is 0 Å². The average molecular weight is 327 g/mol. The number of aryl methyl sites for hydroxylation is 2. The molecule has 6 heteroatoms. The van der Waals surface area contributed by atoms with E-state index < -0.39 is 10.0 Å². The number of nitrogens with zero attached hydrogens (tertiary/aromatic N) is 2. The Bertz CT molecular complexity index is 914. The number of rotatable bonds is 4. The van der Waals surface area contributed by atoms with Gasteiger partial charge >= 0.3 is 0 Å². The normalized spacial score (nSPS) is 11.4. The first-order valence-corrected chi connectivity index (χ1v) is 8.65. The van der Waals surface area contributed by atoms with E-state index in [9.17, 15) is 8.42 Å². The van der Waals surface area contributed by atoms with Gasteiger partial charge < -0.3 is 0 Å². The first-order chi connectivity index (χ1) is 11.0. The molecule has 0 bridgehead atoms. The van der Waals surface area contributed by atoms with Crippen LogP contribution in [0, 0.1) is 13.8 Å². The van der Waals surface area contributed by atoms with Gasteiger partial charge in [0.05, 0.1) is 10.6 Å². The lowest BCUT2D eigenvalue weighted by Crippen LogP contribution is -2.13. The maximum Gasteiger partial charge on any atom is 0.263 e. The van der Waals surface area contributed by atoms with Crippen LogP contribution in [0.25, 0.3) is 5.69 Å². The number of sulfonamides is 1. The van der Waals surface area contributed by atoms with Crippen molar-refractivity contribution in [3.63, 3.8) is 0 Å². The summed E-state index contributed by atoms with van der Waals surface area (Å²) in [6.45, 7) is 3.90. The van der Waals surface area contributed by atoms with Crippen molar-refractivity contribution >= 4 is 15.8 Å². The van der Waals surface area contributed by atoms with Crippen LogP contribution in [0.1, 0.15) is 11.3 Å². The lowest BCUT2D eigenvalue weighted by molar-refractivity contribution is 0.601. The molecule has 0 fully saturated rings. The standard InChI is InChI=1S/C17H17N3O2S/c1-13-8-10-15(11-9-13)20-14(2)12-17(18-20)19-23(21,22)16-6-4-3-5-7-16/h3-12H,1-2H3,(H,18,19). The molecule has 0 aliphatic heterocycles. The Hall–Kier alpha value is -2.60. The number of benzene rings is 2. The Kier molecular flexibility index (Phi) is 3.92. The first kappa shape index (κ1) is 15.3. The summed E-state index contributed by atoms with van der Waals surface area (Å²) in [7, 11) is -3.63. The molecule has 0 aliphatic carbocycles. The minimum Gasteiger partial charge on any atom is -0.262 e. The van der Waals surface area contributed by atoms with Gasteiger partial charge in [-0.3, -0.25) is 4.72 Å².